The maximum atomic E-state index is 12.6. The lowest BCUT2D eigenvalue weighted by Gasteiger charge is -2.11. The van der Waals surface area contributed by atoms with Crippen LogP contribution >= 0.6 is 27.3 Å². The van der Waals surface area contributed by atoms with Gasteiger partial charge in [-0.25, -0.2) is 4.52 Å². The Hall–Kier alpha value is -2.30. The summed E-state index contributed by atoms with van der Waals surface area (Å²) in [6, 6.07) is 2.15. The third-order valence-electron chi connectivity index (χ3n) is 5.06. The van der Waals surface area contributed by atoms with Crippen LogP contribution in [0.5, 0.6) is 0 Å². The van der Waals surface area contributed by atoms with Crippen molar-refractivity contribution in [2.75, 3.05) is 11.9 Å². The zero-order valence-electron chi connectivity index (χ0n) is 14.8. The Balaban J connectivity index is 1.44. The average molecular weight is 461 g/mol. The van der Waals surface area contributed by atoms with Crippen LogP contribution in [0, 0.1) is 0 Å². The lowest BCUT2D eigenvalue weighted by molar-refractivity contribution is -0.115. The number of aromatic amines is 1. The molecule has 10 heteroatoms. The molecule has 144 valence electrons. The summed E-state index contributed by atoms with van der Waals surface area (Å²) >= 11 is 4.86. The van der Waals surface area contributed by atoms with Gasteiger partial charge in [-0.2, -0.15) is 5.10 Å². The maximum absolute atomic E-state index is 12.6. The van der Waals surface area contributed by atoms with Crippen LogP contribution < -0.4 is 16.2 Å². The van der Waals surface area contributed by atoms with Gasteiger partial charge >= 0.3 is 0 Å². The van der Waals surface area contributed by atoms with Crippen LogP contribution in [0.2, 0.25) is 0 Å². The molecule has 1 aliphatic carbocycles. The number of aromatic nitrogens is 4. The second-order valence-corrected chi connectivity index (χ2v) is 9.40. The molecular weight excluding hydrogens is 444 g/mol. The van der Waals surface area contributed by atoms with E-state index in [2.05, 4.69) is 41.6 Å². The molecule has 1 fully saturated rings. The molecule has 0 spiro atoms. The Bertz CT molecular complexity index is 1270. The Morgan fingerprint density at radius 2 is 2.18 bits per heavy atom. The Morgan fingerprint density at radius 1 is 1.36 bits per heavy atom. The minimum atomic E-state index is -0.222. The van der Waals surface area contributed by atoms with Gasteiger partial charge in [0, 0.05) is 6.04 Å². The monoisotopic (exact) mass is 460 g/mol. The minimum absolute atomic E-state index is 0.121. The molecule has 4 aromatic rings. The SMILES string of the molecule is O=C(CNC1CCCC1)Nc1cnc2c(c1)[nH]c(=O)c1c2nn2cc(Br)sc12. The number of carbonyl (C=O) groups is 1. The molecule has 5 rings (SSSR count). The van der Waals surface area contributed by atoms with E-state index in [4.69, 9.17) is 0 Å². The van der Waals surface area contributed by atoms with Crippen LogP contribution in [0.15, 0.2) is 27.0 Å². The van der Waals surface area contributed by atoms with E-state index in [1.54, 1.807) is 16.8 Å². The normalized spacial score (nSPS) is 15.2. The molecule has 1 aliphatic rings. The summed E-state index contributed by atoms with van der Waals surface area (Å²) in [6.45, 7) is 0.268. The number of nitrogens with one attached hydrogen (secondary N) is 3. The first kappa shape index (κ1) is 17.8. The first-order valence-corrected chi connectivity index (χ1v) is 10.7. The third-order valence-corrected chi connectivity index (χ3v) is 6.64. The van der Waals surface area contributed by atoms with E-state index < -0.39 is 0 Å². The van der Waals surface area contributed by atoms with Crippen molar-refractivity contribution in [3.63, 3.8) is 0 Å². The molecule has 0 bridgehead atoms. The molecule has 28 heavy (non-hydrogen) atoms. The summed E-state index contributed by atoms with van der Waals surface area (Å²) in [5, 5.41) is 11.1. The number of amides is 1. The van der Waals surface area contributed by atoms with Gasteiger partial charge in [0.25, 0.3) is 5.56 Å². The highest BCUT2D eigenvalue weighted by Gasteiger charge is 2.18. The average Bonchev–Trinajstić information content (AvgIpc) is 3.35. The first-order chi connectivity index (χ1) is 13.6. The molecule has 1 saturated carbocycles. The number of halogens is 1. The van der Waals surface area contributed by atoms with Gasteiger partial charge in [0.1, 0.15) is 21.3 Å². The van der Waals surface area contributed by atoms with E-state index in [9.17, 15) is 9.59 Å². The van der Waals surface area contributed by atoms with Crippen LogP contribution in [-0.4, -0.2) is 38.1 Å². The number of carbonyl (C=O) groups excluding carboxylic acids is 1. The van der Waals surface area contributed by atoms with Crippen LogP contribution in [0.25, 0.3) is 26.8 Å². The molecule has 0 aliphatic heterocycles. The van der Waals surface area contributed by atoms with Crippen LogP contribution in [0.3, 0.4) is 0 Å². The highest BCUT2D eigenvalue weighted by Crippen LogP contribution is 2.30. The van der Waals surface area contributed by atoms with E-state index in [1.165, 1.54) is 24.2 Å². The number of pyridine rings is 2. The van der Waals surface area contributed by atoms with Crippen LogP contribution in [0.4, 0.5) is 5.69 Å². The van der Waals surface area contributed by atoms with Crippen molar-refractivity contribution in [2.24, 2.45) is 0 Å². The van der Waals surface area contributed by atoms with E-state index in [0.29, 0.717) is 33.7 Å². The van der Waals surface area contributed by atoms with Crippen molar-refractivity contribution in [1.82, 2.24) is 24.9 Å². The van der Waals surface area contributed by atoms with Crippen molar-refractivity contribution < 1.29 is 4.79 Å². The molecule has 1 amide bonds. The molecule has 8 nitrogen and oxygen atoms in total. The maximum Gasteiger partial charge on any atom is 0.261 e. The largest absolute Gasteiger partial charge is 0.324 e. The minimum Gasteiger partial charge on any atom is -0.324 e. The summed E-state index contributed by atoms with van der Waals surface area (Å²) in [6.07, 6.45) is 8.10. The quantitative estimate of drug-likeness (QED) is 0.434. The molecule has 4 aromatic heterocycles. The van der Waals surface area contributed by atoms with E-state index in [-0.39, 0.29) is 18.0 Å². The highest BCUT2D eigenvalue weighted by molar-refractivity contribution is 9.11. The van der Waals surface area contributed by atoms with Crippen LogP contribution in [0.1, 0.15) is 25.7 Å². The van der Waals surface area contributed by atoms with Crippen molar-refractivity contribution in [2.45, 2.75) is 31.7 Å². The number of fused-ring (bicyclic) bond motifs is 5. The van der Waals surface area contributed by atoms with Crippen molar-refractivity contribution in [3.8, 4) is 0 Å². The lowest BCUT2D eigenvalue weighted by Crippen LogP contribution is -2.34. The predicted molar refractivity (Wildman–Crippen MR) is 113 cm³/mol. The number of rotatable bonds is 4. The second-order valence-electron chi connectivity index (χ2n) is 6.99. The van der Waals surface area contributed by atoms with Crippen molar-refractivity contribution in [3.05, 3.63) is 32.6 Å². The topological polar surface area (TPSA) is 104 Å². The van der Waals surface area contributed by atoms with Gasteiger partial charge in [-0.15, -0.1) is 11.3 Å². The molecular formula is C18H17BrN6O2S. The standard InChI is InChI=1S/C18H17BrN6O2S/c19-12-8-25-18(28-12)14-16(24-25)15-11(23-17(14)27)5-10(6-21-15)22-13(26)7-20-9-3-1-2-4-9/h5-6,8-9,20H,1-4,7H2,(H,22,26)(H,23,27). The fourth-order valence-corrected chi connectivity index (χ4v) is 5.23. The molecule has 0 aromatic carbocycles. The zero-order valence-corrected chi connectivity index (χ0v) is 17.2. The predicted octanol–water partition coefficient (Wildman–Crippen LogP) is 3.02. The zero-order chi connectivity index (χ0) is 19.3. The van der Waals surface area contributed by atoms with Gasteiger partial charge in [-0.3, -0.25) is 14.6 Å². The lowest BCUT2D eigenvalue weighted by atomic mass is 10.2. The smallest absolute Gasteiger partial charge is 0.261 e. The number of hydrogen-bond donors (Lipinski definition) is 3. The molecule has 4 heterocycles. The molecule has 3 N–H and O–H groups in total. The summed E-state index contributed by atoms with van der Waals surface area (Å²) < 4.78 is 2.58. The van der Waals surface area contributed by atoms with E-state index >= 15 is 0 Å². The van der Waals surface area contributed by atoms with Gasteiger partial charge in [-0.05, 0) is 34.8 Å². The van der Waals surface area contributed by atoms with Gasteiger partial charge < -0.3 is 15.6 Å². The fraction of sp³-hybridized carbons (Fsp3) is 0.333. The number of anilines is 1. The summed E-state index contributed by atoms with van der Waals surface area (Å²) in [7, 11) is 0. The Kier molecular flexibility index (Phi) is 4.41. The van der Waals surface area contributed by atoms with Gasteiger partial charge in [-0.1, -0.05) is 12.8 Å². The van der Waals surface area contributed by atoms with E-state index in [0.717, 1.165) is 21.5 Å². The van der Waals surface area contributed by atoms with Gasteiger partial charge in [0.2, 0.25) is 5.91 Å². The second kappa shape index (κ2) is 6.94. The number of thiazole rings is 1. The van der Waals surface area contributed by atoms with Crippen LogP contribution in [-0.2, 0) is 4.79 Å². The first-order valence-electron chi connectivity index (χ1n) is 9.11. The number of nitrogens with zero attached hydrogens (tertiary/aromatic N) is 3. The van der Waals surface area contributed by atoms with Crippen molar-refractivity contribution >= 4 is 65.6 Å². The summed E-state index contributed by atoms with van der Waals surface area (Å²) in [4.78, 5) is 32.9. The van der Waals surface area contributed by atoms with Crippen molar-refractivity contribution in [1.29, 1.82) is 0 Å². The Labute approximate surface area is 171 Å². The molecule has 0 unspecified atom stereocenters. The fourth-order valence-electron chi connectivity index (χ4n) is 3.76. The Morgan fingerprint density at radius 3 is 3.00 bits per heavy atom. The summed E-state index contributed by atoms with van der Waals surface area (Å²) in [5.74, 6) is -0.121. The van der Waals surface area contributed by atoms with Gasteiger partial charge in [0.05, 0.1) is 33.9 Å². The number of H-pyrrole nitrogens is 1. The molecule has 0 saturated heterocycles. The highest BCUT2D eigenvalue weighted by atomic mass is 79.9. The third kappa shape index (κ3) is 3.11. The summed E-state index contributed by atoms with van der Waals surface area (Å²) in [5.41, 5.74) is 2.02. The molecule has 0 radical (unpaired) electrons. The molecule has 0 atom stereocenters. The number of hydrogen-bond acceptors (Lipinski definition) is 6. The van der Waals surface area contributed by atoms with Gasteiger partial charge in [0.15, 0.2) is 0 Å². The van der Waals surface area contributed by atoms with E-state index in [1.807, 2.05) is 6.20 Å².